The molecule has 1 heterocycles. The molecule has 1 saturated heterocycles. The van der Waals surface area contributed by atoms with Gasteiger partial charge in [-0.3, -0.25) is 0 Å². The minimum Gasteiger partial charge on any atom is -0.496 e. The Labute approximate surface area is 126 Å². The molecule has 1 aliphatic heterocycles. The third-order valence-electron chi connectivity index (χ3n) is 4.36. The number of hydrogen-bond acceptors (Lipinski definition) is 3. The molecule has 0 aromatic heterocycles. The summed E-state index contributed by atoms with van der Waals surface area (Å²) < 4.78 is 11.6. The van der Waals surface area contributed by atoms with Gasteiger partial charge in [-0.05, 0) is 36.9 Å². The molecule has 21 heavy (non-hydrogen) atoms. The highest BCUT2D eigenvalue weighted by Gasteiger charge is 2.28. The van der Waals surface area contributed by atoms with Crippen LogP contribution < -0.4 is 10.1 Å². The summed E-state index contributed by atoms with van der Waals surface area (Å²) in [6.45, 7) is 1.84. The fourth-order valence-electron chi connectivity index (χ4n) is 3.38. The third-order valence-corrected chi connectivity index (χ3v) is 4.36. The first-order chi connectivity index (χ1) is 10.3. The number of nitrogens with one attached hydrogen (secondary N) is 1. The average molecular weight is 285 g/mol. The molecule has 0 spiro atoms. The van der Waals surface area contributed by atoms with Crippen LogP contribution in [0.5, 0.6) is 5.75 Å². The molecule has 3 rings (SSSR count). The summed E-state index contributed by atoms with van der Waals surface area (Å²) in [6.07, 6.45) is 2.53. The highest BCUT2D eigenvalue weighted by molar-refractivity contribution is 5.91. The van der Waals surface area contributed by atoms with E-state index in [0.717, 1.165) is 30.7 Å². The van der Waals surface area contributed by atoms with Crippen molar-refractivity contribution in [3.05, 3.63) is 42.0 Å². The first kappa shape index (κ1) is 14.4. The lowest BCUT2D eigenvalue weighted by Gasteiger charge is -2.33. The molecule has 112 valence electrons. The summed E-state index contributed by atoms with van der Waals surface area (Å²) in [5.41, 5.74) is 1.28. The third kappa shape index (κ3) is 2.76. The van der Waals surface area contributed by atoms with E-state index in [-0.39, 0.29) is 6.10 Å². The molecular formula is C18H23NO2. The van der Waals surface area contributed by atoms with Gasteiger partial charge in [-0.25, -0.2) is 0 Å². The predicted octanol–water partition coefficient (Wildman–Crippen LogP) is 3.54. The molecular weight excluding hydrogens is 262 g/mol. The smallest absolute Gasteiger partial charge is 0.126 e. The van der Waals surface area contributed by atoms with Crippen LogP contribution in [0.15, 0.2) is 36.4 Å². The zero-order chi connectivity index (χ0) is 14.7. The van der Waals surface area contributed by atoms with Gasteiger partial charge in [0, 0.05) is 24.5 Å². The Morgan fingerprint density at radius 3 is 2.76 bits per heavy atom. The highest BCUT2D eigenvalue weighted by Crippen LogP contribution is 2.39. The van der Waals surface area contributed by atoms with E-state index < -0.39 is 0 Å². The Balaban J connectivity index is 2.06. The maximum Gasteiger partial charge on any atom is 0.126 e. The van der Waals surface area contributed by atoms with Gasteiger partial charge in [0.2, 0.25) is 0 Å². The molecule has 0 amide bonds. The Hall–Kier alpha value is -1.58. The first-order valence-corrected chi connectivity index (χ1v) is 7.67. The molecule has 1 fully saturated rings. The van der Waals surface area contributed by atoms with E-state index in [1.54, 1.807) is 7.11 Å². The Morgan fingerprint density at radius 2 is 2.00 bits per heavy atom. The minimum atomic E-state index is 0.169. The van der Waals surface area contributed by atoms with Crippen LogP contribution in [0, 0.1) is 5.92 Å². The van der Waals surface area contributed by atoms with Crippen LogP contribution in [0.1, 0.15) is 24.5 Å². The van der Waals surface area contributed by atoms with Crippen LogP contribution in [-0.2, 0) is 4.74 Å². The molecule has 2 aromatic rings. The van der Waals surface area contributed by atoms with Gasteiger partial charge in [-0.1, -0.05) is 30.3 Å². The summed E-state index contributed by atoms with van der Waals surface area (Å²) in [7, 11) is 3.74. The summed E-state index contributed by atoms with van der Waals surface area (Å²) in [5, 5.41) is 5.71. The van der Waals surface area contributed by atoms with Crippen molar-refractivity contribution in [2.45, 2.75) is 18.9 Å². The summed E-state index contributed by atoms with van der Waals surface area (Å²) in [6, 6.07) is 12.7. The SMILES string of the molecule is CNCC1CCCOC1c1ccc(OC)c2ccccc12. The van der Waals surface area contributed by atoms with E-state index in [1.165, 1.54) is 17.4 Å². The molecule has 1 aliphatic rings. The number of ether oxygens (including phenoxy) is 2. The van der Waals surface area contributed by atoms with Gasteiger partial charge in [0.05, 0.1) is 13.2 Å². The highest BCUT2D eigenvalue weighted by atomic mass is 16.5. The lowest BCUT2D eigenvalue weighted by molar-refractivity contribution is -0.0263. The largest absolute Gasteiger partial charge is 0.496 e. The number of methoxy groups -OCH3 is 1. The van der Waals surface area contributed by atoms with Crippen LogP contribution in [0.3, 0.4) is 0 Å². The van der Waals surface area contributed by atoms with Crippen molar-refractivity contribution in [1.29, 1.82) is 0 Å². The van der Waals surface area contributed by atoms with Crippen LogP contribution in [0.4, 0.5) is 0 Å². The van der Waals surface area contributed by atoms with Gasteiger partial charge in [0.15, 0.2) is 0 Å². The average Bonchev–Trinajstić information content (AvgIpc) is 2.55. The van der Waals surface area contributed by atoms with Gasteiger partial charge < -0.3 is 14.8 Å². The molecule has 2 atom stereocenters. The number of hydrogen-bond donors (Lipinski definition) is 1. The molecule has 0 bridgehead atoms. The normalized spacial score (nSPS) is 22.4. The van der Waals surface area contributed by atoms with E-state index >= 15 is 0 Å². The van der Waals surface area contributed by atoms with Gasteiger partial charge in [-0.15, -0.1) is 0 Å². The van der Waals surface area contributed by atoms with Crippen LogP contribution in [-0.4, -0.2) is 27.3 Å². The molecule has 0 aliphatic carbocycles. The number of fused-ring (bicyclic) bond motifs is 1. The summed E-state index contributed by atoms with van der Waals surface area (Å²) >= 11 is 0. The van der Waals surface area contributed by atoms with Gasteiger partial charge in [0.25, 0.3) is 0 Å². The van der Waals surface area contributed by atoms with Crippen LogP contribution in [0.25, 0.3) is 10.8 Å². The maximum atomic E-state index is 6.13. The minimum absolute atomic E-state index is 0.169. The first-order valence-electron chi connectivity index (χ1n) is 7.67. The van der Waals surface area contributed by atoms with E-state index in [1.807, 2.05) is 7.05 Å². The monoisotopic (exact) mass is 285 g/mol. The predicted molar refractivity (Wildman–Crippen MR) is 85.8 cm³/mol. The zero-order valence-electron chi connectivity index (χ0n) is 12.8. The Kier molecular flexibility index (Phi) is 4.42. The zero-order valence-corrected chi connectivity index (χ0v) is 12.8. The standard InChI is InChI=1S/C18H23NO2/c1-19-12-13-6-5-11-21-18(13)16-9-10-17(20-2)15-8-4-3-7-14(15)16/h3-4,7-10,13,18-19H,5-6,11-12H2,1-2H3. The van der Waals surface area contributed by atoms with Gasteiger partial charge in [0.1, 0.15) is 5.75 Å². The van der Waals surface area contributed by atoms with Gasteiger partial charge >= 0.3 is 0 Å². The lowest BCUT2D eigenvalue weighted by Crippen LogP contribution is -2.30. The second kappa shape index (κ2) is 6.46. The van der Waals surface area contributed by atoms with Gasteiger partial charge in [-0.2, -0.15) is 0 Å². The second-order valence-electron chi connectivity index (χ2n) is 5.65. The van der Waals surface area contributed by atoms with Crippen molar-refractivity contribution in [2.75, 3.05) is 27.3 Å². The molecule has 1 N–H and O–H groups in total. The van der Waals surface area contributed by atoms with E-state index in [4.69, 9.17) is 9.47 Å². The molecule has 0 radical (unpaired) electrons. The molecule has 3 nitrogen and oxygen atoms in total. The lowest BCUT2D eigenvalue weighted by atomic mass is 9.87. The maximum absolute atomic E-state index is 6.13. The van der Waals surface area contributed by atoms with E-state index in [9.17, 15) is 0 Å². The summed E-state index contributed by atoms with van der Waals surface area (Å²) in [5.74, 6) is 1.45. The number of rotatable bonds is 4. The van der Waals surface area contributed by atoms with Crippen molar-refractivity contribution < 1.29 is 9.47 Å². The Bertz CT molecular complexity index is 609. The van der Waals surface area contributed by atoms with Crippen LogP contribution in [0.2, 0.25) is 0 Å². The van der Waals surface area contributed by atoms with Crippen molar-refractivity contribution in [1.82, 2.24) is 5.32 Å². The van der Waals surface area contributed by atoms with Crippen molar-refractivity contribution in [2.24, 2.45) is 5.92 Å². The quantitative estimate of drug-likeness (QED) is 0.932. The fraction of sp³-hybridized carbons (Fsp3) is 0.444. The fourth-order valence-corrected chi connectivity index (χ4v) is 3.38. The topological polar surface area (TPSA) is 30.5 Å². The van der Waals surface area contributed by atoms with Crippen LogP contribution >= 0.6 is 0 Å². The van der Waals surface area contributed by atoms with E-state index in [0.29, 0.717) is 5.92 Å². The van der Waals surface area contributed by atoms with Crippen molar-refractivity contribution in [3.8, 4) is 5.75 Å². The molecule has 3 heteroatoms. The molecule has 2 unspecified atom stereocenters. The number of benzene rings is 2. The molecule has 2 aromatic carbocycles. The molecule has 0 saturated carbocycles. The van der Waals surface area contributed by atoms with E-state index in [2.05, 4.69) is 41.7 Å². The summed E-state index contributed by atoms with van der Waals surface area (Å²) in [4.78, 5) is 0. The van der Waals surface area contributed by atoms with Crippen molar-refractivity contribution >= 4 is 10.8 Å². The Morgan fingerprint density at radius 1 is 1.19 bits per heavy atom. The second-order valence-corrected chi connectivity index (χ2v) is 5.65. The van der Waals surface area contributed by atoms with Crippen molar-refractivity contribution in [3.63, 3.8) is 0 Å².